The Labute approximate surface area is 81.1 Å². The van der Waals surface area contributed by atoms with Crippen LogP contribution in [0.1, 0.15) is 10.4 Å². The SMILES string of the molecule is O=C(O)c1c(Br)ccc(Cl)c1F. The third-order valence-electron chi connectivity index (χ3n) is 1.26. The number of hydrogen-bond donors (Lipinski definition) is 1. The van der Waals surface area contributed by atoms with E-state index in [1.165, 1.54) is 12.1 Å². The van der Waals surface area contributed by atoms with Crippen molar-refractivity contribution in [3.05, 3.63) is 33.0 Å². The topological polar surface area (TPSA) is 37.3 Å². The standard InChI is InChI=1S/C7H3BrClFO2/c8-3-1-2-4(9)6(10)5(3)7(11)12/h1-2H,(H,11,12). The Morgan fingerprint density at radius 3 is 2.58 bits per heavy atom. The maximum absolute atomic E-state index is 13.0. The molecule has 0 saturated carbocycles. The number of halogens is 3. The fourth-order valence-corrected chi connectivity index (χ4v) is 1.36. The Balaban J connectivity index is 3.43. The van der Waals surface area contributed by atoms with E-state index >= 15 is 0 Å². The third kappa shape index (κ3) is 1.59. The fraction of sp³-hybridized carbons (Fsp3) is 0. The molecule has 0 aliphatic heterocycles. The number of hydrogen-bond acceptors (Lipinski definition) is 1. The highest BCUT2D eigenvalue weighted by atomic mass is 79.9. The first-order valence-corrected chi connectivity index (χ1v) is 4.08. The zero-order valence-electron chi connectivity index (χ0n) is 5.64. The van der Waals surface area contributed by atoms with Crippen molar-refractivity contribution in [3.63, 3.8) is 0 Å². The molecule has 1 N–H and O–H groups in total. The molecule has 1 aromatic carbocycles. The molecule has 5 heteroatoms. The van der Waals surface area contributed by atoms with Gasteiger partial charge in [0.2, 0.25) is 0 Å². The molecule has 0 atom stereocenters. The van der Waals surface area contributed by atoms with E-state index in [0.29, 0.717) is 0 Å². The Bertz CT molecular complexity index is 340. The first-order chi connectivity index (χ1) is 5.54. The highest BCUT2D eigenvalue weighted by Crippen LogP contribution is 2.25. The van der Waals surface area contributed by atoms with Crippen molar-refractivity contribution in [2.45, 2.75) is 0 Å². The summed E-state index contributed by atoms with van der Waals surface area (Å²) in [6.07, 6.45) is 0. The van der Waals surface area contributed by atoms with Crippen molar-refractivity contribution < 1.29 is 14.3 Å². The molecule has 64 valence electrons. The van der Waals surface area contributed by atoms with Crippen molar-refractivity contribution in [3.8, 4) is 0 Å². The molecule has 0 aliphatic carbocycles. The van der Waals surface area contributed by atoms with Crippen LogP contribution < -0.4 is 0 Å². The minimum absolute atomic E-state index is 0.178. The zero-order valence-corrected chi connectivity index (χ0v) is 7.99. The van der Waals surface area contributed by atoms with Crippen molar-refractivity contribution in [2.75, 3.05) is 0 Å². The van der Waals surface area contributed by atoms with Crippen molar-refractivity contribution in [1.82, 2.24) is 0 Å². The summed E-state index contributed by atoms with van der Waals surface area (Å²) in [5, 5.41) is 8.34. The number of carbonyl (C=O) groups is 1. The summed E-state index contributed by atoms with van der Waals surface area (Å²) >= 11 is 8.27. The second kappa shape index (κ2) is 3.41. The van der Waals surface area contributed by atoms with Crippen LogP contribution in [0.5, 0.6) is 0 Å². The number of carboxylic acids is 1. The Kier molecular flexibility index (Phi) is 2.69. The van der Waals surface area contributed by atoms with Crippen molar-refractivity contribution in [2.24, 2.45) is 0 Å². The second-order valence-corrected chi connectivity index (χ2v) is 3.28. The van der Waals surface area contributed by atoms with E-state index in [0.717, 1.165) is 0 Å². The monoisotopic (exact) mass is 252 g/mol. The molecule has 12 heavy (non-hydrogen) atoms. The summed E-state index contributed by atoms with van der Waals surface area (Å²) in [7, 11) is 0. The van der Waals surface area contributed by atoms with Crippen LogP contribution in [0.15, 0.2) is 16.6 Å². The Morgan fingerprint density at radius 1 is 1.58 bits per heavy atom. The molecule has 0 heterocycles. The van der Waals surface area contributed by atoms with Gasteiger partial charge in [0, 0.05) is 4.47 Å². The predicted octanol–water partition coefficient (Wildman–Crippen LogP) is 2.94. The van der Waals surface area contributed by atoms with Crippen LogP contribution in [-0.4, -0.2) is 11.1 Å². The molecular formula is C7H3BrClFO2. The summed E-state index contributed by atoms with van der Waals surface area (Å²) in [6, 6.07) is 2.67. The van der Waals surface area contributed by atoms with Gasteiger partial charge in [0.15, 0.2) is 5.82 Å². The Hall–Kier alpha value is -0.610. The van der Waals surface area contributed by atoms with Gasteiger partial charge in [-0.15, -0.1) is 0 Å². The lowest BCUT2D eigenvalue weighted by atomic mass is 10.2. The third-order valence-corrected chi connectivity index (χ3v) is 2.21. The highest BCUT2D eigenvalue weighted by molar-refractivity contribution is 9.10. The first kappa shape index (κ1) is 9.48. The molecule has 0 aromatic heterocycles. The summed E-state index contributed by atoms with van der Waals surface area (Å²) in [5.41, 5.74) is -0.442. The average Bonchev–Trinajstić information content (AvgIpc) is 1.97. The molecule has 0 aliphatic rings. The summed E-state index contributed by atoms with van der Waals surface area (Å²) in [6.45, 7) is 0. The van der Waals surface area contributed by atoms with Crippen molar-refractivity contribution >= 4 is 33.5 Å². The smallest absolute Gasteiger partial charge is 0.339 e. The van der Waals surface area contributed by atoms with Gasteiger partial charge in [-0.25, -0.2) is 9.18 Å². The lowest BCUT2D eigenvalue weighted by molar-refractivity contribution is 0.0691. The van der Waals surface area contributed by atoms with Gasteiger partial charge in [0.25, 0.3) is 0 Å². The molecule has 0 saturated heterocycles. The van der Waals surface area contributed by atoms with Crippen LogP contribution in [0.4, 0.5) is 4.39 Å². The van der Waals surface area contributed by atoms with E-state index in [4.69, 9.17) is 16.7 Å². The predicted molar refractivity (Wildman–Crippen MR) is 46.1 cm³/mol. The van der Waals surface area contributed by atoms with Gasteiger partial charge in [0.05, 0.1) is 5.02 Å². The number of carboxylic acid groups (broad SMARTS) is 1. The minimum Gasteiger partial charge on any atom is -0.478 e. The van der Waals surface area contributed by atoms with E-state index in [2.05, 4.69) is 15.9 Å². The quantitative estimate of drug-likeness (QED) is 0.781. The molecule has 1 aromatic rings. The largest absolute Gasteiger partial charge is 0.478 e. The summed E-state index contributed by atoms with van der Waals surface area (Å²) in [5.74, 6) is -2.26. The van der Waals surface area contributed by atoms with Crippen LogP contribution in [0.2, 0.25) is 5.02 Å². The second-order valence-electron chi connectivity index (χ2n) is 2.02. The van der Waals surface area contributed by atoms with Gasteiger partial charge in [-0.2, -0.15) is 0 Å². The number of benzene rings is 1. The lowest BCUT2D eigenvalue weighted by Crippen LogP contribution is -2.02. The maximum Gasteiger partial charge on any atom is 0.339 e. The van der Waals surface area contributed by atoms with Crippen LogP contribution in [0.3, 0.4) is 0 Å². The van der Waals surface area contributed by atoms with E-state index in [9.17, 15) is 9.18 Å². The summed E-state index contributed by atoms with van der Waals surface area (Å²) in [4.78, 5) is 10.5. The molecular weight excluding hydrogens is 250 g/mol. The molecule has 0 spiro atoms. The number of rotatable bonds is 1. The maximum atomic E-state index is 13.0. The van der Waals surface area contributed by atoms with Gasteiger partial charge in [0.1, 0.15) is 5.56 Å². The van der Waals surface area contributed by atoms with Crippen LogP contribution in [-0.2, 0) is 0 Å². The van der Waals surface area contributed by atoms with Crippen LogP contribution >= 0.6 is 27.5 Å². The van der Waals surface area contributed by atoms with Gasteiger partial charge in [-0.05, 0) is 28.1 Å². The van der Waals surface area contributed by atoms with Gasteiger partial charge >= 0.3 is 5.97 Å². The Morgan fingerprint density at radius 2 is 2.17 bits per heavy atom. The van der Waals surface area contributed by atoms with Gasteiger partial charge in [-0.1, -0.05) is 11.6 Å². The van der Waals surface area contributed by atoms with E-state index in [1.807, 2.05) is 0 Å². The molecule has 0 unspecified atom stereocenters. The lowest BCUT2D eigenvalue weighted by Gasteiger charge is -2.01. The molecule has 0 bridgehead atoms. The molecule has 0 amide bonds. The minimum atomic E-state index is -1.35. The molecule has 1 rings (SSSR count). The van der Waals surface area contributed by atoms with E-state index < -0.39 is 17.3 Å². The van der Waals surface area contributed by atoms with Gasteiger partial charge in [-0.3, -0.25) is 0 Å². The highest BCUT2D eigenvalue weighted by Gasteiger charge is 2.16. The van der Waals surface area contributed by atoms with Crippen molar-refractivity contribution in [1.29, 1.82) is 0 Å². The van der Waals surface area contributed by atoms with Crippen LogP contribution in [0, 0.1) is 5.82 Å². The molecule has 0 fully saturated rings. The fourth-order valence-electron chi connectivity index (χ4n) is 0.723. The first-order valence-electron chi connectivity index (χ1n) is 2.91. The van der Waals surface area contributed by atoms with E-state index in [1.54, 1.807) is 0 Å². The van der Waals surface area contributed by atoms with Crippen LogP contribution in [0.25, 0.3) is 0 Å². The molecule has 2 nitrogen and oxygen atoms in total. The number of aromatic carboxylic acids is 1. The normalized spacial score (nSPS) is 9.92. The zero-order chi connectivity index (χ0) is 9.30. The summed E-state index contributed by atoms with van der Waals surface area (Å²) < 4.78 is 13.1. The average molecular weight is 253 g/mol. The van der Waals surface area contributed by atoms with E-state index in [-0.39, 0.29) is 9.50 Å². The molecule has 0 radical (unpaired) electrons. The van der Waals surface area contributed by atoms with Gasteiger partial charge < -0.3 is 5.11 Å².